The van der Waals surface area contributed by atoms with Gasteiger partial charge in [0, 0.05) is 38.0 Å². The quantitative estimate of drug-likeness (QED) is 0.700. The fourth-order valence-corrected chi connectivity index (χ4v) is 6.35. The molecule has 6 atom stereocenters. The number of fused-ring (bicyclic) bond motifs is 3. The number of rotatable bonds is 2. The smallest absolute Gasteiger partial charge is 0.312 e. The van der Waals surface area contributed by atoms with Crippen LogP contribution in [-0.4, -0.2) is 36.7 Å². The zero-order valence-corrected chi connectivity index (χ0v) is 16.0. The molecule has 0 aromatic heterocycles. The molecule has 0 heterocycles. The fourth-order valence-electron chi connectivity index (χ4n) is 6.35. The minimum absolute atomic E-state index is 0.000269. The van der Waals surface area contributed by atoms with Crippen LogP contribution in [0.5, 0.6) is 0 Å². The lowest BCUT2D eigenvalue weighted by atomic mass is 9.43. The van der Waals surface area contributed by atoms with E-state index in [2.05, 4.69) is 0 Å². The van der Waals surface area contributed by atoms with Crippen molar-refractivity contribution in [1.29, 1.82) is 0 Å². The van der Waals surface area contributed by atoms with E-state index in [4.69, 9.17) is 9.47 Å². The first kappa shape index (κ1) is 19.1. The molecule has 6 heteroatoms. The average molecular weight is 364 g/mol. The van der Waals surface area contributed by atoms with Crippen LogP contribution in [0.15, 0.2) is 0 Å². The number of carbonyl (C=O) groups excluding carboxylic acids is 4. The van der Waals surface area contributed by atoms with Crippen molar-refractivity contribution in [2.75, 3.05) is 7.11 Å². The number of Topliss-reactive ketones (excluding diaryl/α,β-unsaturated/α-hetero) is 2. The number of carbonyl (C=O) groups is 4. The van der Waals surface area contributed by atoms with Gasteiger partial charge < -0.3 is 9.47 Å². The molecule has 0 saturated heterocycles. The minimum atomic E-state index is -1.12. The van der Waals surface area contributed by atoms with Gasteiger partial charge in [-0.3, -0.25) is 19.2 Å². The number of ketones is 2. The Hall–Kier alpha value is -1.72. The van der Waals surface area contributed by atoms with Crippen LogP contribution in [0.3, 0.4) is 0 Å². The van der Waals surface area contributed by atoms with Gasteiger partial charge in [0.05, 0.1) is 12.5 Å². The number of ether oxygens (including phenoxy) is 2. The lowest BCUT2D eigenvalue weighted by Crippen LogP contribution is -2.62. The molecule has 26 heavy (non-hydrogen) atoms. The zero-order chi connectivity index (χ0) is 19.3. The Labute approximate surface area is 154 Å². The van der Waals surface area contributed by atoms with Crippen LogP contribution in [0, 0.1) is 28.6 Å². The van der Waals surface area contributed by atoms with E-state index in [1.54, 1.807) is 6.92 Å². The lowest BCUT2D eigenvalue weighted by Gasteiger charge is -2.59. The van der Waals surface area contributed by atoms with Gasteiger partial charge in [0.1, 0.15) is 17.7 Å². The summed E-state index contributed by atoms with van der Waals surface area (Å²) in [4.78, 5) is 49.8. The monoisotopic (exact) mass is 364 g/mol. The van der Waals surface area contributed by atoms with Gasteiger partial charge in [-0.1, -0.05) is 6.92 Å². The van der Waals surface area contributed by atoms with Crippen LogP contribution in [0.25, 0.3) is 0 Å². The number of hydrogen-bond acceptors (Lipinski definition) is 6. The summed E-state index contributed by atoms with van der Waals surface area (Å²) >= 11 is 0. The Morgan fingerprint density at radius 1 is 1.12 bits per heavy atom. The standard InChI is InChI=1S/C20H28O6/c1-11(21)26-16-7-5-6-14-13(16)8-15(23)17-19(14,2)9-12(22)10-20(17,3)18(24)25-4/h13-14,16-17H,5-10H2,1-4H3/t13-,14+,16+,17-,19-,20+/m0/s1. The van der Waals surface area contributed by atoms with Gasteiger partial charge in [0.15, 0.2) is 0 Å². The van der Waals surface area contributed by atoms with Crippen molar-refractivity contribution in [3.05, 3.63) is 0 Å². The topological polar surface area (TPSA) is 86.7 Å². The van der Waals surface area contributed by atoms with Crippen molar-refractivity contribution in [3.8, 4) is 0 Å². The zero-order valence-electron chi connectivity index (χ0n) is 16.0. The van der Waals surface area contributed by atoms with E-state index in [9.17, 15) is 19.2 Å². The highest BCUT2D eigenvalue weighted by Crippen LogP contribution is 2.62. The van der Waals surface area contributed by atoms with Crippen LogP contribution < -0.4 is 0 Å². The molecule has 6 nitrogen and oxygen atoms in total. The Bertz CT molecular complexity index is 655. The third-order valence-electron chi connectivity index (χ3n) is 7.01. The van der Waals surface area contributed by atoms with Gasteiger partial charge in [-0.2, -0.15) is 0 Å². The third-order valence-corrected chi connectivity index (χ3v) is 7.01. The first-order valence-electron chi connectivity index (χ1n) is 9.43. The predicted octanol–water partition coefficient (Wildman–Crippen LogP) is 2.47. The summed E-state index contributed by atoms with van der Waals surface area (Å²) in [6, 6.07) is 0. The molecule has 3 rings (SSSR count). The summed E-state index contributed by atoms with van der Waals surface area (Å²) in [5, 5.41) is 0. The predicted molar refractivity (Wildman–Crippen MR) is 92.0 cm³/mol. The second-order valence-corrected chi connectivity index (χ2v) is 8.76. The van der Waals surface area contributed by atoms with E-state index in [1.807, 2.05) is 6.92 Å². The molecule has 0 aromatic rings. The highest BCUT2D eigenvalue weighted by atomic mass is 16.5. The molecular formula is C20H28O6. The van der Waals surface area contributed by atoms with Gasteiger partial charge in [-0.25, -0.2) is 0 Å². The second-order valence-electron chi connectivity index (χ2n) is 8.76. The van der Waals surface area contributed by atoms with Gasteiger partial charge in [0.2, 0.25) is 0 Å². The van der Waals surface area contributed by atoms with Gasteiger partial charge in [0.25, 0.3) is 0 Å². The van der Waals surface area contributed by atoms with Crippen LogP contribution in [0.1, 0.15) is 59.3 Å². The van der Waals surface area contributed by atoms with Crippen molar-refractivity contribution in [1.82, 2.24) is 0 Å². The van der Waals surface area contributed by atoms with Crippen molar-refractivity contribution >= 4 is 23.5 Å². The van der Waals surface area contributed by atoms with Gasteiger partial charge >= 0.3 is 11.9 Å². The van der Waals surface area contributed by atoms with E-state index >= 15 is 0 Å². The summed E-state index contributed by atoms with van der Waals surface area (Å²) < 4.78 is 10.5. The third kappa shape index (κ3) is 2.78. The second kappa shape index (κ2) is 6.46. The summed E-state index contributed by atoms with van der Waals surface area (Å²) in [6.07, 6.45) is 2.88. The SMILES string of the molecule is COC(=O)[C@]1(C)CC(=O)C[C@@]2(C)[C@@H]3CCC[C@@H](OC(C)=O)[C@H]3CC(=O)[C@@H]21. The molecule has 0 N–H and O–H groups in total. The van der Waals surface area contributed by atoms with Crippen LogP contribution in [0.4, 0.5) is 0 Å². The summed E-state index contributed by atoms with van der Waals surface area (Å²) in [5.74, 6) is -1.36. The Balaban J connectivity index is 2.03. The minimum Gasteiger partial charge on any atom is -0.469 e. The van der Waals surface area contributed by atoms with Crippen LogP contribution in [-0.2, 0) is 28.7 Å². The molecule has 0 bridgehead atoms. The Morgan fingerprint density at radius 3 is 2.42 bits per heavy atom. The van der Waals surface area contributed by atoms with E-state index in [0.717, 1.165) is 19.3 Å². The molecule has 0 spiro atoms. The molecule has 3 fully saturated rings. The van der Waals surface area contributed by atoms with Crippen molar-refractivity contribution < 1.29 is 28.7 Å². The summed E-state index contributed by atoms with van der Waals surface area (Å²) in [5.41, 5.74) is -1.72. The number of esters is 2. The fraction of sp³-hybridized carbons (Fsp3) is 0.800. The van der Waals surface area contributed by atoms with Gasteiger partial charge in [-0.15, -0.1) is 0 Å². The van der Waals surface area contributed by atoms with Gasteiger partial charge in [-0.05, 0) is 37.5 Å². The maximum atomic E-state index is 13.2. The Morgan fingerprint density at radius 2 is 1.81 bits per heavy atom. The first-order chi connectivity index (χ1) is 12.1. The molecule has 3 aliphatic rings. The molecule has 144 valence electrons. The Kier molecular flexibility index (Phi) is 4.74. The van der Waals surface area contributed by atoms with Crippen molar-refractivity contribution in [2.45, 2.75) is 65.4 Å². The number of methoxy groups -OCH3 is 1. The van der Waals surface area contributed by atoms with E-state index in [0.29, 0.717) is 12.8 Å². The largest absolute Gasteiger partial charge is 0.469 e. The molecule has 3 aliphatic carbocycles. The maximum absolute atomic E-state index is 13.2. The van der Waals surface area contributed by atoms with Crippen molar-refractivity contribution in [2.24, 2.45) is 28.6 Å². The van der Waals surface area contributed by atoms with E-state index < -0.39 is 22.7 Å². The molecule has 0 amide bonds. The maximum Gasteiger partial charge on any atom is 0.312 e. The summed E-state index contributed by atoms with van der Waals surface area (Å²) in [7, 11) is 1.30. The van der Waals surface area contributed by atoms with Crippen molar-refractivity contribution in [3.63, 3.8) is 0 Å². The average Bonchev–Trinajstić information content (AvgIpc) is 2.53. The molecule has 0 aromatic carbocycles. The molecular weight excluding hydrogens is 336 g/mol. The van der Waals surface area contributed by atoms with E-state index in [-0.39, 0.29) is 41.9 Å². The molecule has 0 aliphatic heterocycles. The van der Waals surface area contributed by atoms with Crippen LogP contribution >= 0.6 is 0 Å². The molecule has 0 radical (unpaired) electrons. The van der Waals surface area contributed by atoms with Crippen LogP contribution in [0.2, 0.25) is 0 Å². The highest BCUT2D eigenvalue weighted by Gasteiger charge is 2.65. The lowest BCUT2D eigenvalue weighted by molar-refractivity contribution is -0.190. The number of hydrogen-bond donors (Lipinski definition) is 0. The van der Waals surface area contributed by atoms with E-state index in [1.165, 1.54) is 14.0 Å². The first-order valence-corrected chi connectivity index (χ1v) is 9.43. The summed E-state index contributed by atoms with van der Waals surface area (Å²) in [6.45, 7) is 5.06. The highest BCUT2D eigenvalue weighted by molar-refractivity contribution is 5.97. The molecule has 3 saturated carbocycles. The molecule has 0 unspecified atom stereocenters. The normalized spacial score (nSPS) is 42.5.